The van der Waals surface area contributed by atoms with E-state index in [0.717, 1.165) is 37.8 Å². The van der Waals surface area contributed by atoms with Crippen LogP contribution < -0.4 is 16.1 Å². The zero-order valence-corrected chi connectivity index (χ0v) is 25.9. The lowest BCUT2D eigenvalue weighted by atomic mass is 9.79. The number of nitrogens with zero attached hydrogens (tertiary/aromatic N) is 1. The molecule has 2 fully saturated rings. The molecule has 0 atom stereocenters. The second-order valence-corrected chi connectivity index (χ2v) is 17.5. The van der Waals surface area contributed by atoms with Gasteiger partial charge >= 0.3 is 7.12 Å². The normalized spacial score (nSPS) is 23.9. The molecule has 0 aromatic heterocycles. The van der Waals surface area contributed by atoms with Gasteiger partial charge in [-0.1, -0.05) is 81.4 Å². The van der Waals surface area contributed by atoms with Gasteiger partial charge in [0, 0.05) is 24.3 Å². The minimum absolute atomic E-state index is 0.00429. The van der Waals surface area contributed by atoms with E-state index in [-0.39, 0.29) is 11.1 Å². The van der Waals surface area contributed by atoms with Gasteiger partial charge in [-0.2, -0.15) is 0 Å². The predicted octanol–water partition coefficient (Wildman–Crippen LogP) is 5.67. The molecule has 1 saturated heterocycles. The Morgan fingerprint density at radius 1 is 0.923 bits per heavy atom. The maximum Gasteiger partial charge on any atom is 0.497 e. The first-order valence-electron chi connectivity index (χ1n) is 14.5. The van der Waals surface area contributed by atoms with Crippen LogP contribution in [0.15, 0.2) is 77.3 Å². The van der Waals surface area contributed by atoms with Gasteiger partial charge in [-0.15, -0.1) is 0 Å². The van der Waals surface area contributed by atoms with Gasteiger partial charge in [-0.05, 0) is 80.9 Å². The lowest BCUT2D eigenvalue weighted by Crippen LogP contribution is -2.67. The minimum Gasteiger partial charge on any atom is -0.407 e. The maximum absolute atomic E-state index is 7.20. The van der Waals surface area contributed by atoms with Crippen LogP contribution in [0.3, 0.4) is 0 Å². The van der Waals surface area contributed by atoms with E-state index in [1.54, 1.807) is 6.20 Å². The highest BCUT2D eigenvalue weighted by Gasteiger charge is 2.52. The Morgan fingerprint density at radius 3 is 1.85 bits per heavy atom. The molecule has 0 radical (unpaired) electrons. The zero-order chi connectivity index (χ0) is 28.3. The van der Waals surface area contributed by atoms with Crippen molar-refractivity contribution < 1.29 is 13.7 Å². The van der Waals surface area contributed by atoms with Gasteiger partial charge in [0.1, 0.15) is 0 Å². The molecule has 0 bridgehead atoms. The van der Waals surface area contributed by atoms with E-state index in [2.05, 4.69) is 109 Å². The van der Waals surface area contributed by atoms with Crippen LogP contribution in [0, 0.1) is 5.92 Å². The summed E-state index contributed by atoms with van der Waals surface area (Å²) in [6.45, 7) is 16.0. The Bertz CT molecular complexity index is 1080. The molecule has 4 rings (SSSR count). The number of hydrogen-bond acceptors (Lipinski definition) is 5. The van der Waals surface area contributed by atoms with Gasteiger partial charge in [0.05, 0.1) is 11.2 Å². The molecular formula is C32H47BN2O3Si. The Labute approximate surface area is 237 Å². The molecule has 0 amide bonds. The summed E-state index contributed by atoms with van der Waals surface area (Å²) in [5.41, 5.74) is 5.94. The SMILES string of the molecule is CC1(C)OB(/C(C=NC2CCC(CO[Si](c3ccccc3)(c3ccccc3)C(C)(C)C)CC2)=C/N)OC1(C)C. The van der Waals surface area contributed by atoms with Crippen molar-refractivity contribution in [1.82, 2.24) is 0 Å². The number of rotatable bonds is 8. The van der Waals surface area contributed by atoms with Crippen molar-refractivity contribution in [2.75, 3.05) is 6.61 Å². The Kier molecular flexibility index (Phi) is 8.96. The van der Waals surface area contributed by atoms with Gasteiger partial charge in [0.15, 0.2) is 0 Å². The second kappa shape index (κ2) is 11.7. The molecule has 210 valence electrons. The third-order valence-electron chi connectivity index (χ3n) is 8.92. The summed E-state index contributed by atoms with van der Waals surface area (Å²) in [5.74, 6) is 0.533. The van der Waals surface area contributed by atoms with E-state index < -0.39 is 26.6 Å². The lowest BCUT2D eigenvalue weighted by Gasteiger charge is -2.44. The molecule has 39 heavy (non-hydrogen) atoms. The third kappa shape index (κ3) is 6.27. The number of aliphatic imine (C=N–C) groups is 1. The Morgan fingerprint density at radius 2 is 1.41 bits per heavy atom. The zero-order valence-electron chi connectivity index (χ0n) is 24.9. The molecular weight excluding hydrogens is 499 g/mol. The maximum atomic E-state index is 7.20. The van der Waals surface area contributed by atoms with Crippen LogP contribution in [-0.2, 0) is 13.7 Å². The summed E-state index contributed by atoms with van der Waals surface area (Å²) < 4.78 is 19.5. The summed E-state index contributed by atoms with van der Waals surface area (Å²) in [7, 11) is -2.99. The first-order valence-corrected chi connectivity index (χ1v) is 16.4. The van der Waals surface area contributed by atoms with Crippen LogP contribution >= 0.6 is 0 Å². The van der Waals surface area contributed by atoms with Crippen LogP contribution in [0.25, 0.3) is 0 Å². The lowest BCUT2D eigenvalue weighted by molar-refractivity contribution is 0.00578. The fourth-order valence-corrected chi connectivity index (χ4v) is 10.5. The molecule has 1 saturated carbocycles. The van der Waals surface area contributed by atoms with Crippen LogP contribution in [0.1, 0.15) is 74.1 Å². The van der Waals surface area contributed by atoms with Crippen molar-refractivity contribution in [2.45, 2.75) is 96.4 Å². The van der Waals surface area contributed by atoms with Gasteiger partial charge in [-0.3, -0.25) is 4.99 Å². The van der Waals surface area contributed by atoms with Gasteiger partial charge in [0.25, 0.3) is 8.32 Å². The highest BCUT2D eigenvalue weighted by Crippen LogP contribution is 2.39. The van der Waals surface area contributed by atoms with E-state index in [1.165, 1.54) is 10.4 Å². The molecule has 0 spiro atoms. The van der Waals surface area contributed by atoms with Crippen molar-refractivity contribution in [3.05, 3.63) is 72.3 Å². The fraction of sp³-hybridized carbons (Fsp3) is 0.531. The van der Waals surface area contributed by atoms with Crippen molar-refractivity contribution in [2.24, 2.45) is 16.6 Å². The van der Waals surface area contributed by atoms with Crippen LogP contribution in [0.2, 0.25) is 5.04 Å². The van der Waals surface area contributed by atoms with Gasteiger partial charge in [-0.25, -0.2) is 0 Å². The number of nitrogens with two attached hydrogens (primary N) is 1. The Hall–Kier alpha value is -2.19. The summed E-state index contributed by atoms with van der Waals surface area (Å²) >= 11 is 0. The van der Waals surface area contributed by atoms with E-state index in [9.17, 15) is 0 Å². The van der Waals surface area contributed by atoms with Crippen LogP contribution in [0.5, 0.6) is 0 Å². The molecule has 2 aromatic rings. The van der Waals surface area contributed by atoms with E-state index in [4.69, 9.17) is 24.5 Å². The average Bonchev–Trinajstić information content (AvgIpc) is 3.12. The first-order chi connectivity index (χ1) is 18.4. The van der Waals surface area contributed by atoms with Crippen LogP contribution in [0.4, 0.5) is 0 Å². The molecule has 2 aromatic carbocycles. The van der Waals surface area contributed by atoms with E-state index in [1.807, 2.05) is 6.21 Å². The van der Waals surface area contributed by atoms with Gasteiger partial charge in [0.2, 0.25) is 0 Å². The largest absolute Gasteiger partial charge is 0.497 e. The second-order valence-electron chi connectivity index (χ2n) is 13.2. The van der Waals surface area contributed by atoms with Crippen molar-refractivity contribution in [1.29, 1.82) is 0 Å². The molecule has 1 aliphatic carbocycles. The predicted molar refractivity (Wildman–Crippen MR) is 166 cm³/mol. The molecule has 1 heterocycles. The quantitative estimate of drug-likeness (QED) is 0.343. The summed E-state index contributed by atoms with van der Waals surface area (Å²) in [6, 6.07) is 22.1. The summed E-state index contributed by atoms with van der Waals surface area (Å²) in [4.78, 5) is 4.91. The molecule has 2 N–H and O–H groups in total. The van der Waals surface area contributed by atoms with Gasteiger partial charge < -0.3 is 19.5 Å². The summed E-state index contributed by atoms with van der Waals surface area (Å²) in [6.07, 6.45) is 7.75. The Balaban J connectivity index is 1.41. The van der Waals surface area contributed by atoms with E-state index in [0.29, 0.717) is 5.92 Å². The summed E-state index contributed by atoms with van der Waals surface area (Å²) in [5, 5.41) is 2.67. The highest BCUT2D eigenvalue weighted by molar-refractivity contribution is 6.99. The van der Waals surface area contributed by atoms with Crippen molar-refractivity contribution in [3.8, 4) is 0 Å². The molecule has 2 aliphatic rings. The monoisotopic (exact) mass is 546 g/mol. The highest BCUT2D eigenvalue weighted by atomic mass is 28.4. The number of benzene rings is 2. The standard InChI is InChI=1S/C32H47BN2O3Si/c1-30(2,3)39(28-14-10-8-11-15-28,29-16-12-9-13-17-29)36-24-25-18-20-27(21-19-25)35-23-26(22-34)33-37-31(4,5)32(6,7)38-33/h8-17,22-23,25,27H,18-21,24,34H2,1-7H3/b26-22+,35-23?. The molecule has 5 nitrogen and oxygen atoms in total. The smallest absolute Gasteiger partial charge is 0.407 e. The van der Waals surface area contributed by atoms with Crippen LogP contribution in [-0.4, -0.2) is 45.5 Å². The van der Waals surface area contributed by atoms with Crippen molar-refractivity contribution in [3.63, 3.8) is 0 Å². The molecule has 1 aliphatic heterocycles. The molecule has 7 heteroatoms. The minimum atomic E-state index is -2.50. The first kappa shape index (κ1) is 29.8. The third-order valence-corrected chi connectivity index (χ3v) is 13.9. The topological polar surface area (TPSA) is 66.1 Å². The average molecular weight is 547 g/mol. The number of hydrogen-bond donors (Lipinski definition) is 1. The number of allylic oxidation sites excluding steroid dienone is 1. The molecule has 0 unspecified atom stereocenters. The van der Waals surface area contributed by atoms with Crippen molar-refractivity contribution >= 4 is 32.0 Å². The fourth-order valence-electron chi connectivity index (χ4n) is 5.82. The van der Waals surface area contributed by atoms with E-state index >= 15 is 0 Å².